The quantitative estimate of drug-likeness (QED) is 0.664. The van der Waals surface area contributed by atoms with Crippen LogP contribution < -0.4 is 10.6 Å². The van der Waals surface area contributed by atoms with Crippen LogP contribution in [0.5, 0.6) is 0 Å². The number of carbonyl (C=O) groups is 2. The van der Waals surface area contributed by atoms with Crippen LogP contribution in [0.3, 0.4) is 0 Å². The fourth-order valence-corrected chi connectivity index (χ4v) is 3.83. The Kier molecular flexibility index (Phi) is 6.41. The van der Waals surface area contributed by atoms with Crippen LogP contribution in [0, 0.1) is 11.8 Å². The molecule has 0 spiro atoms. The van der Waals surface area contributed by atoms with E-state index >= 15 is 0 Å². The average Bonchev–Trinajstić information content (AvgIpc) is 3.49. The van der Waals surface area contributed by atoms with Gasteiger partial charge in [-0.25, -0.2) is 0 Å². The monoisotopic (exact) mass is 392 g/mol. The van der Waals surface area contributed by atoms with E-state index in [1.54, 1.807) is 0 Å². The smallest absolute Gasteiger partial charge is 0.228 e. The second-order valence-electron chi connectivity index (χ2n) is 8.70. The Balaban J connectivity index is 1.66. The minimum Gasteiger partial charge on any atom is -0.349 e. The van der Waals surface area contributed by atoms with Crippen LogP contribution in [0.2, 0.25) is 0 Å². The van der Waals surface area contributed by atoms with Crippen LogP contribution in [-0.2, 0) is 9.59 Å². The molecule has 0 radical (unpaired) electrons. The molecule has 3 unspecified atom stereocenters. The molecule has 0 aromatic heterocycles. The van der Waals surface area contributed by atoms with E-state index in [1.165, 1.54) is 0 Å². The molecular formula is C25H32N2O2. The van der Waals surface area contributed by atoms with E-state index in [1.807, 2.05) is 37.3 Å². The second-order valence-corrected chi connectivity index (χ2v) is 8.70. The molecule has 1 fully saturated rings. The molecule has 2 aromatic rings. The number of amides is 2. The van der Waals surface area contributed by atoms with Crippen LogP contribution in [0.15, 0.2) is 48.5 Å². The van der Waals surface area contributed by atoms with Crippen molar-refractivity contribution in [1.82, 2.24) is 5.32 Å². The summed E-state index contributed by atoms with van der Waals surface area (Å²) in [6.45, 7) is 10.5. The van der Waals surface area contributed by atoms with Crippen LogP contribution in [0.25, 0.3) is 0 Å². The first kappa shape index (κ1) is 21.1. The van der Waals surface area contributed by atoms with Gasteiger partial charge in [0.15, 0.2) is 0 Å². The molecule has 4 nitrogen and oxygen atoms in total. The second kappa shape index (κ2) is 8.81. The Morgan fingerprint density at radius 3 is 1.90 bits per heavy atom. The van der Waals surface area contributed by atoms with Crippen LogP contribution in [0.1, 0.15) is 75.6 Å². The predicted octanol–water partition coefficient (Wildman–Crippen LogP) is 5.39. The number of hydrogen-bond donors (Lipinski definition) is 2. The van der Waals surface area contributed by atoms with Crippen molar-refractivity contribution in [2.24, 2.45) is 11.8 Å². The Morgan fingerprint density at radius 2 is 1.34 bits per heavy atom. The molecule has 1 aliphatic rings. The summed E-state index contributed by atoms with van der Waals surface area (Å²) in [5, 5.41) is 6.20. The standard InChI is InChI=1S/C25H32N2O2/c1-15(2)19-12-9-13-20(16(3)4)23(19)27-25(29)22-14-21(22)24(28)26-17(5)18-10-7-6-8-11-18/h6-13,15-17,21-22H,14H2,1-5H3,(H,26,28)(H,27,29). The Hall–Kier alpha value is -2.62. The lowest BCUT2D eigenvalue weighted by molar-refractivity contribution is -0.125. The highest BCUT2D eigenvalue weighted by molar-refractivity contribution is 6.00. The van der Waals surface area contributed by atoms with Gasteiger partial charge >= 0.3 is 0 Å². The topological polar surface area (TPSA) is 58.2 Å². The highest BCUT2D eigenvalue weighted by Gasteiger charge is 2.48. The molecule has 2 amide bonds. The zero-order valence-electron chi connectivity index (χ0n) is 18.0. The molecule has 2 N–H and O–H groups in total. The SMILES string of the molecule is CC(C)c1cccc(C(C)C)c1NC(=O)C1CC1C(=O)NC(C)c1ccccc1. The van der Waals surface area contributed by atoms with Gasteiger partial charge in [0.25, 0.3) is 0 Å². The van der Waals surface area contributed by atoms with Gasteiger partial charge in [-0.05, 0) is 41.9 Å². The molecule has 29 heavy (non-hydrogen) atoms. The largest absolute Gasteiger partial charge is 0.349 e. The summed E-state index contributed by atoms with van der Waals surface area (Å²) in [6.07, 6.45) is 0.611. The van der Waals surface area contributed by atoms with E-state index in [2.05, 4.69) is 56.5 Å². The van der Waals surface area contributed by atoms with Crippen molar-refractivity contribution in [2.45, 2.75) is 58.9 Å². The molecular weight excluding hydrogens is 360 g/mol. The predicted molar refractivity (Wildman–Crippen MR) is 118 cm³/mol. The van der Waals surface area contributed by atoms with Gasteiger partial charge in [0.05, 0.1) is 17.9 Å². The van der Waals surface area contributed by atoms with Crippen molar-refractivity contribution < 1.29 is 9.59 Å². The van der Waals surface area contributed by atoms with Crippen molar-refractivity contribution >= 4 is 17.5 Å². The van der Waals surface area contributed by atoms with Gasteiger partial charge in [-0.1, -0.05) is 76.2 Å². The molecule has 3 atom stereocenters. The highest BCUT2D eigenvalue weighted by atomic mass is 16.2. The van der Waals surface area contributed by atoms with E-state index in [-0.39, 0.29) is 29.7 Å². The lowest BCUT2D eigenvalue weighted by Crippen LogP contribution is -2.30. The highest BCUT2D eigenvalue weighted by Crippen LogP contribution is 2.41. The summed E-state index contributed by atoms with van der Waals surface area (Å²) >= 11 is 0. The van der Waals surface area contributed by atoms with Crippen LogP contribution in [-0.4, -0.2) is 11.8 Å². The number of nitrogens with one attached hydrogen (secondary N) is 2. The molecule has 2 aromatic carbocycles. The van der Waals surface area contributed by atoms with Crippen molar-refractivity contribution in [1.29, 1.82) is 0 Å². The molecule has 0 aliphatic heterocycles. The lowest BCUT2D eigenvalue weighted by atomic mass is 9.92. The van der Waals surface area contributed by atoms with E-state index in [0.717, 1.165) is 22.4 Å². The Labute approximate surface area is 174 Å². The Bertz CT molecular complexity index is 847. The molecule has 0 heterocycles. The maximum atomic E-state index is 12.9. The van der Waals surface area contributed by atoms with Gasteiger partial charge < -0.3 is 10.6 Å². The van der Waals surface area contributed by atoms with Gasteiger partial charge in [0, 0.05) is 5.69 Å². The average molecular weight is 393 g/mol. The van der Waals surface area contributed by atoms with Crippen molar-refractivity contribution in [3.8, 4) is 0 Å². The normalized spacial score (nSPS) is 19.1. The first-order valence-electron chi connectivity index (χ1n) is 10.6. The van der Waals surface area contributed by atoms with Gasteiger partial charge in [0.1, 0.15) is 0 Å². The molecule has 3 rings (SSSR count). The summed E-state index contributed by atoms with van der Waals surface area (Å²) in [6, 6.07) is 16.0. The molecule has 0 saturated heterocycles. The minimum absolute atomic E-state index is 0.0391. The summed E-state index contributed by atoms with van der Waals surface area (Å²) < 4.78 is 0. The number of carbonyl (C=O) groups excluding carboxylic acids is 2. The van der Waals surface area contributed by atoms with E-state index in [4.69, 9.17) is 0 Å². The fourth-order valence-electron chi connectivity index (χ4n) is 3.83. The third-order valence-electron chi connectivity index (χ3n) is 5.74. The third-order valence-corrected chi connectivity index (χ3v) is 5.74. The first-order chi connectivity index (χ1) is 13.8. The Morgan fingerprint density at radius 1 is 0.793 bits per heavy atom. The summed E-state index contributed by atoms with van der Waals surface area (Å²) in [7, 11) is 0. The van der Waals surface area contributed by atoms with Gasteiger partial charge in [0.2, 0.25) is 11.8 Å². The van der Waals surface area contributed by atoms with Crippen LogP contribution in [0.4, 0.5) is 5.69 Å². The van der Waals surface area contributed by atoms with E-state index < -0.39 is 0 Å². The molecule has 4 heteroatoms. The number of para-hydroxylation sites is 1. The van der Waals surface area contributed by atoms with Gasteiger partial charge in [-0.15, -0.1) is 0 Å². The molecule has 0 bridgehead atoms. The zero-order chi connectivity index (χ0) is 21.1. The van der Waals surface area contributed by atoms with E-state index in [0.29, 0.717) is 18.3 Å². The number of rotatable bonds is 7. The zero-order valence-corrected chi connectivity index (χ0v) is 18.0. The van der Waals surface area contributed by atoms with E-state index in [9.17, 15) is 9.59 Å². The van der Waals surface area contributed by atoms with Gasteiger partial charge in [-0.3, -0.25) is 9.59 Å². The summed E-state index contributed by atoms with van der Waals surface area (Å²) in [5.74, 6) is 0.0476. The van der Waals surface area contributed by atoms with Crippen molar-refractivity contribution in [3.63, 3.8) is 0 Å². The first-order valence-corrected chi connectivity index (χ1v) is 10.6. The lowest BCUT2D eigenvalue weighted by Gasteiger charge is -2.20. The maximum absolute atomic E-state index is 12.9. The molecule has 1 aliphatic carbocycles. The number of anilines is 1. The number of benzene rings is 2. The third kappa shape index (κ3) is 4.87. The van der Waals surface area contributed by atoms with Gasteiger partial charge in [-0.2, -0.15) is 0 Å². The van der Waals surface area contributed by atoms with Crippen LogP contribution >= 0.6 is 0 Å². The number of hydrogen-bond acceptors (Lipinski definition) is 2. The molecule has 1 saturated carbocycles. The van der Waals surface area contributed by atoms with Crippen molar-refractivity contribution in [3.05, 3.63) is 65.2 Å². The molecule has 154 valence electrons. The summed E-state index contributed by atoms with van der Waals surface area (Å²) in [5.41, 5.74) is 4.27. The summed E-state index contributed by atoms with van der Waals surface area (Å²) in [4.78, 5) is 25.5. The fraction of sp³-hybridized carbons (Fsp3) is 0.440. The minimum atomic E-state index is -0.252. The van der Waals surface area contributed by atoms with Crippen molar-refractivity contribution in [2.75, 3.05) is 5.32 Å². The maximum Gasteiger partial charge on any atom is 0.228 e.